The minimum Gasteiger partial charge on any atom is -0.475 e. The molecule has 1 N–H and O–H groups in total. The Morgan fingerprint density at radius 1 is 1.33 bits per heavy atom. The van der Waals surface area contributed by atoms with Crippen LogP contribution in [0.5, 0.6) is 5.88 Å². The second-order valence-corrected chi connectivity index (χ2v) is 6.71. The molecule has 0 unspecified atom stereocenters. The van der Waals surface area contributed by atoms with Crippen LogP contribution in [0.3, 0.4) is 0 Å². The zero-order valence-electron chi connectivity index (χ0n) is 14.4. The van der Waals surface area contributed by atoms with E-state index in [4.69, 9.17) is 9.47 Å². The number of methoxy groups -OCH3 is 1. The van der Waals surface area contributed by atoms with Crippen molar-refractivity contribution in [2.75, 3.05) is 32.7 Å². The van der Waals surface area contributed by atoms with Gasteiger partial charge in [-0.2, -0.15) is 0 Å². The number of aromatic nitrogens is 1. The minimum atomic E-state index is -0.177. The summed E-state index contributed by atoms with van der Waals surface area (Å²) in [5.41, 5.74) is 0.625. The predicted octanol–water partition coefficient (Wildman–Crippen LogP) is 3.70. The van der Waals surface area contributed by atoms with Crippen molar-refractivity contribution >= 4 is 23.1 Å². The summed E-state index contributed by atoms with van der Waals surface area (Å²) < 4.78 is 10.3. The van der Waals surface area contributed by atoms with Crippen LogP contribution in [0.4, 0.5) is 10.5 Å². The maximum absolute atomic E-state index is 12.4. The molecule has 6 nitrogen and oxygen atoms in total. The lowest BCUT2D eigenvalue weighted by Crippen LogP contribution is -2.33. The van der Waals surface area contributed by atoms with E-state index in [1.807, 2.05) is 6.92 Å². The number of nitrogens with one attached hydrogen (secondary N) is 1. The Bertz CT molecular complexity index is 657. The molecule has 0 radical (unpaired) electrons. The molecule has 2 heterocycles. The van der Waals surface area contributed by atoms with Crippen molar-refractivity contribution < 1.29 is 14.3 Å². The van der Waals surface area contributed by atoms with E-state index in [0.717, 1.165) is 4.88 Å². The van der Waals surface area contributed by atoms with Crippen LogP contribution in [-0.2, 0) is 4.74 Å². The molecule has 0 saturated carbocycles. The molecular weight excluding hydrogens is 326 g/mol. The molecule has 0 fully saturated rings. The topological polar surface area (TPSA) is 63.7 Å². The highest BCUT2D eigenvalue weighted by Crippen LogP contribution is 2.26. The zero-order chi connectivity index (χ0) is 17.5. The Morgan fingerprint density at radius 2 is 2.12 bits per heavy atom. The summed E-state index contributed by atoms with van der Waals surface area (Å²) >= 11 is 1.70. The maximum atomic E-state index is 12.4. The number of thiophene rings is 1. The molecule has 0 bridgehead atoms. The van der Waals surface area contributed by atoms with Crippen molar-refractivity contribution in [1.82, 2.24) is 9.88 Å². The first-order chi connectivity index (χ1) is 11.5. The van der Waals surface area contributed by atoms with E-state index in [0.29, 0.717) is 24.8 Å². The van der Waals surface area contributed by atoms with E-state index >= 15 is 0 Å². The number of urea groups is 1. The van der Waals surface area contributed by atoms with Crippen LogP contribution in [0.1, 0.15) is 22.7 Å². The number of amides is 2. The molecule has 0 aromatic carbocycles. The Balaban J connectivity index is 1.91. The third-order valence-electron chi connectivity index (χ3n) is 3.60. The first-order valence-electron chi connectivity index (χ1n) is 7.69. The van der Waals surface area contributed by atoms with E-state index in [9.17, 15) is 4.79 Å². The molecule has 0 aliphatic heterocycles. The van der Waals surface area contributed by atoms with Gasteiger partial charge in [0.15, 0.2) is 0 Å². The normalized spacial score (nSPS) is 11.8. The van der Waals surface area contributed by atoms with E-state index < -0.39 is 0 Å². The first-order valence-corrected chi connectivity index (χ1v) is 8.51. The quantitative estimate of drug-likeness (QED) is 0.774. The summed E-state index contributed by atoms with van der Waals surface area (Å²) in [5.74, 6) is 0.501. The Hall–Kier alpha value is -2.12. The van der Waals surface area contributed by atoms with Crippen molar-refractivity contribution in [2.45, 2.75) is 19.9 Å². The minimum absolute atomic E-state index is 0.00769. The number of rotatable bonds is 7. The van der Waals surface area contributed by atoms with Gasteiger partial charge < -0.3 is 19.7 Å². The van der Waals surface area contributed by atoms with Gasteiger partial charge in [-0.3, -0.25) is 0 Å². The molecule has 7 heteroatoms. The number of nitrogens with zero attached hydrogens (tertiary/aromatic N) is 2. The number of aryl methyl sites for hydroxylation is 1. The molecule has 0 spiro atoms. The lowest BCUT2D eigenvalue weighted by molar-refractivity contribution is 0.144. The van der Waals surface area contributed by atoms with Gasteiger partial charge >= 0.3 is 6.03 Å². The summed E-state index contributed by atoms with van der Waals surface area (Å²) in [7, 11) is 3.40. The fourth-order valence-corrected chi connectivity index (χ4v) is 3.00. The highest BCUT2D eigenvalue weighted by molar-refractivity contribution is 7.12. The lowest BCUT2D eigenvalue weighted by Gasteiger charge is -2.24. The number of ether oxygens (including phenoxy) is 2. The first kappa shape index (κ1) is 18.2. The molecule has 2 rings (SSSR count). The van der Waals surface area contributed by atoms with Crippen molar-refractivity contribution in [2.24, 2.45) is 0 Å². The van der Waals surface area contributed by atoms with Gasteiger partial charge in [0.1, 0.15) is 6.61 Å². The molecule has 0 aliphatic rings. The molecule has 130 valence electrons. The molecule has 2 aromatic rings. The molecule has 2 amide bonds. The SMILES string of the molecule is COCCOc1ccc(NC(=O)N(C)[C@@H](C)c2ccc(C)s2)cn1. The van der Waals surface area contributed by atoms with Gasteiger partial charge in [-0.1, -0.05) is 0 Å². The molecule has 2 aromatic heterocycles. The molecule has 1 atom stereocenters. The van der Waals surface area contributed by atoms with Gasteiger partial charge in [-0.25, -0.2) is 9.78 Å². The van der Waals surface area contributed by atoms with Crippen molar-refractivity contribution in [1.29, 1.82) is 0 Å². The van der Waals surface area contributed by atoms with E-state index in [1.165, 1.54) is 4.88 Å². The summed E-state index contributed by atoms with van der Waals surface area (Å²) in [6, 6.07) is 7.44. The lowest BCUT2D eigenvalue weighted by atomic mass is 10.2. The summed E-state index contributed by atoms with van der Waals surface area (Å²) in [6.45, 7) is 5.01. The predicted molar refractivity (Wildman–Crippen MR) is 95.9 cm³/mol. The van der Waals surface area contributed by atoms with Crippen LogP contribution < -0.4 is 10.1 Å². The van der Waals surface area contributed by atoms with Gasteiger partial charge in [0, 0.05) is 30.0 Å². The third kappa shape index (κ3) is 4.94. The number of pyridine rings is 1. The van der Waals surface area contributed by atoms with Crippen LogP contribution in [0.15, 0.2) is 30.5 Å². The van der Waals surface area contributed by atoms with E-state index in [1.54, 1.807) is 48.7 Å². The van der Waals surface area contributed by atoms with Crippen LogP contribution in [0.2, 0.25) is 0 Å². The summed E-state index contributed by atoms with van der Waals surface area (Å²) in [6.07, 6.45) is 1.58. The molecule has 24 heavy (non-hydrogen) atoms. The monoisotopic (exact) mass is 349 g/mol. The molecule has 0 saturated heterocycles. The number of carbonyl (C=O) groups is 1. The number of hydrogen-bond acceptors (Lipinski definition) is 5. The molecule has 0 aliphatic carbocycles. The Labute approximate surface area is 146 Å². The van der Waals surface area contributed by atoms with Crippen LogP contribution in [0.25, 0.3) is 0 Å². The van der Waals surface area contributed by atoms with Gasteiger partial charge in [-0.05, 0) is 32.0 Å². The average Bonchev–Trinajstić information content (AvgIpc) is 3.01. The summed E-state index contributed by atoms with van der Waals surface area (Å²) in [5, 5.41) is 2.84. The molecular formula is C17H23N3O3S. The van der Waals surface area contributed by atoms with Crippen LogP contribution in [0, 0.1) is 6.92 Å². The van der Waals surface area contributed by atoms with Crippen molar-refractivity contribution in [3.05, 3.63) is 40.2 Å². The zero-order valence-corrected chi connectivity index (χ0v) is 15.2. The average molecular weight is 349 g/mol. The second kappa shape index (κ2) is 8.65. The Morgan fingerprint density at radius 3 is 2.71 bits per heavy atom. The maximum Gasteiger partial charge on any atom is 0.322 e. The van der Waals surface area contributed by atoms with Gasteiger partial charge in [0.2, 0.25) is 5.88 Å². The fraction of sp³-hybridized carbons (Fsp3) is 0.412. The van der Waals surface area contributed by atoms with Crippen molar-refractivity contribution in [3.63, 3.8) is 0 Å². The van der Waals surface area contributed by atoms with Gasteiger partial charge in [0.25, 0.3) is 0 Å². The number of anilines is 1. The Kier molecular flexibility index (Phi) is 6.57. The second-order valence-electron chi connectivity index (χ2n) is 5.39. The smallest absolute Gasteiger partial charge is 0.322 e. The number of hydrogen-bond donors (Lipinski definition) is 1. The van der Waals surface area contributed by atoms with Gasteiger partial charge in [0.05, 0.1) is 24.5 Å². The van der Waals surface area contributed by atoms with Gasteiger partial charge in [-0.15, -0.1) is 11.3 Å². The summed E-state index contributed by atoms with van der Waals surface area (Å²) in [4.78, 5) is 20.6. The standard InChI is InChI=1S/C17H23N3O3S/c1-12-5-7-15(24-12)13(2)20(3)17(21)19-14-6-8-16(18-11-14)23-10-9-22-4/h5-8,11,13H,9-10H2,1-4H3,(H,19,21)/t13-/m0/s1. The van der Waals surface area contributed by atoms with Crippen LogP contribution >= 0.6 is 11.3 Å². The number of carbonyl (C=O) groups excluding carboxylic acids is 1. The third-order valence-corrected chi connectivity index (χ3v) is 4.77. The van der Waals surface area contributed by atoms with E-state index in [2.05, 4.69) is 29.4 Å². The van der Waals surface area contributed by atoms with Crippen molar-refractivity contribution in [3.8, 4) is 5.88 Å². The highest BCUT2D eigenvalue weighted by atomic mass is 32.1. The highest BCUT2D eigenvalue weighted by Gasteiger charge is 2.18. The fourth-order valence-electron chi connectivity index (χ4n) is 2.03. The van der Waals surface area contributed by atoms with Crippen LogP contribution in [-0.4, -0.2) is 43.3 Å². The van der Waals surface area contributed by atoms with E-state index in [-0.39, 0.29) is 12.1 Å². The largest absolute Gasteiger partial charge is 0.475 e.